The normalized spacial score (nSPS) is 17.8. The van der Waals surface area contributed by atoms with E-state index < -0.39 is 0 Å². The molecule has 2 aromatic rings. The minimum absolute atomic E-state index is 0.108. The molecule has 118 valence electrons. The van der Waals surface area contributed by atoms with Gasteiger partial charge in [-0.15, -0.1) is 22.7 Å². The van der Waals surface area contributed by atoms with Gasteiger partial charge in [-0.25, -0.2) is 4.79 Å². The zero-order valence-corrected chi connectivity index (χ0v) is 13.9. The molecule has 1 fully saturated rings. The molecule has 7 heteroatoms. The molecule has 1 N–H and O–H groups in total. The number of amides is 1. The second-order valence-electron chi connectivity index (χ2n) is 4.96. The van der Waals surface area contributed by atoms with Crippen LogP contribution in [-0.2, 0) is 20.8 Å². The quantitative estimate of drug-likeness (QED) is 0.851. The Kier molecular flexibility index (Phi) is 4.75. The number of nitrogens with one attached hydrogen (secondary N) is 1. The van der Waals surface area contributed by atoms with Crippen LogP contribution in [0.5, 0.6) is 0 Å². The van der Waals surface area contributed by atoms with Gasteiger partial charge in [-0.2, -0.15) is 0 Å². The first kappa shape index (κ1) is 15.5. The van der Waals surface area contributed by atoms with Gasteiger partial charge in [-0.05, 0) is 31.2 Å². The first-order valence-corrected chi connectivity index (χ1v) is 8.95. The summed E-state index contributed by atoms with van der Waals surface area (Å²) in [4.78, 5) is 24.7. The van der Waals surface area contributed by atoms with Crippen molar-refractivity contribution in [1.29, 1.82) is 0 Å². The number of hydrogen-bond acceptors (Lipinski definition) is 6. The molecule has 1 aliphatic rings. The van der Waals surface area contributed by atoms with Crippen LogP contribution in [0.4, 0.5) is 0 Å². The van der Waals surface area contributed by atoms with Gasteiger partial charge in [-0.3, -0.25) is 4.79 Å². The number of carbonyl (C=O) groups is 2. The van der Waals surface area contributed by atoms with E-state index in [1.807, 2.05) is 11.4 Å². The fourth-order valence-electron chi connectivity index (χ4n) is 2.47. The van der Waals surface area contributed by atoms with E-state index in [1.165, 1.54) is 11.3 Å². The summed E-state index contributed by atoms with van der Waals surface area (Å²) in [5.74, 6) is -0.430. The molecule has 0 aromatic carbocycles. The maximum atomic E-state index is 12.1. The van der Waals surface area contributed by atoms with Gasteiger partial charge in [0.1, 0.15) is 11.0 Å². The topological polar surface area (TPSA) is 64.6 Å². The van der Waals surface area contributed by atoms with Crippen LogP contribution in [0.15, 0.2) is 11.4 Å². The van der Waals surface area contributed by atoms with Crippen molar-refractivity contribution in [1.82, 2.24) is 5.32 Å². The number of ether oxygens (including phenoxy) is 2. The van der Waals surface area contributed by atoms with Crippen molar-refractivity contribution in [2.24, 2.45) is 0 Å². The summed E-state index contributed by atoms with van der Waals surface area (Å²) >= 11 is 2.99. The van der Waals surface area contributed by atoms with Crippen LogP contribution >= 0.6 is 22.7 Å². The molecule has 0 unspecified atom stereocenters. The van der Waals surface area contributed by atoms with Gasteiger partial charge in [0, 0.05) is 23.4 Å². The van der Waals surface area contributed by atoms with Gasteiger partial charge >= 0.3 is 5.97 Å². The monoisotopic (exact) mass is 339 g/mol. The van der Waals surface area contributed by atoms with Crippen molar-refractivity contribution in [3.63, 3.8) is 0 Å². The fourth-order valence-corrected chi connectivity index (χ4v) is 4.74. The van der Waals surface area contributed by atoms with Crippen LogP contribution in [0.3, 0.4) is 0 Å². The highest BCUT2D eigenvalue weighted by Gasteiger charge is 2.25. The van der Waals surface area contributed by atoms with Crippen LogP contribution in [0, 0.1) is 0 Å². The highest BCUT2D eigenvalue weighted by molar-refractivity contribution is 7.28. The third kappa shape index (κ3) is 3.02. The summed E-state index contributed by atoms with van der Waals surface area (Å²) in [5, 5.41) is 4.88. The molecule has 1 amide bonds. The van der Waals surface area contributed by atoms with Gasteiger partial charge in [0.05, 0.1) is 11.3 Å². The predicted octanol–water partition coefficient (Wildman–Crippen LogP) is 2.93. The fraction of sp³-hybridized carbons (Fsp3) is 0.467. The predicted molar refractivity (Wildman–Crippen MR) is 86.5 cm³/mol. The second-order valence-corrected chi connectivity index (χ2v) is 6.93. The standard InChI is InChI=1S/C15H17NO4S2/c1-2-19-15(18)13-9(12-11(22-13)5-7-21-12)8-16-14(17)10-4-3-6-20-10/h5,7,10H,2-4,6,8H2,1H3,(H,16,17)/t10-/m0/s1. The van der Waals surface area contributed by atoms with E-state index in [4.69, 9.17) is 9.47 Å². The SMILES string of the molecule is CCOC(=O)c1sc2ccsc2c1CNC(=O)[C@@H]1CCCO1. The van der Waals surface area contributed by atoms with Crippen molar-refractivity contribution >= 4 is 43.9 Å². The van der Waals surface area contributed by atoms with E-state index in [1.54, 1.807) is 18.3 Å². The number of thiophene rings is 2. The summed E-state index contributed by atoms with van der Waals surface area (Å²) in [5.41, 5.74) is 0.847. The van der Waals surface area contributed by atoms with E-state index in [2.05, 4.69) is 5.32 Å². The van der Waals surface area contributed by atoms with Crippen molar-refractivity contribution < 1.29 is 19.1 Å². The molecular weight excluding hydrogens is 322 g/mol. The maximum Gasteiger partial charge on any atom is 0.348 e. The molecule has 1 aliphatic heterocycles. The number of fused-ring (bicyclic) bond motifs is 1. The Hall–Kier alpha value is -1.44. The Labute approximate surface area is 136 Å². The zero-order valence-electron chi connectivity index (χ0n) is 12.2. The lowest BCUT2D eigenvalue weighted by Gasteiger charge is -2.10. The summed E-state index contributed by atoms with van der Waals surface area (Å²) in [6.45, 7) is 3.09. The summed E-state index contributed by atoms with van der Waals surface area (Å²) in [7, 11) is 0. The van der Waals surface area contributed by atoms with Crippen LogP contribution in [0.1, 0.15) is 35.0 Å². The third-order valence-electron chi connectivity index (χ3n) is 3.51. The molecule has 3 heterocycles. The molecule has 0 spiro atoms. The van der Waals surface area contributed by atoms with Crippen LogP contribution < -0.4 is 5.32 Å². The molecular formula is C15H17NO4S2. The minimum atomic E-state index is -0.358. The largest absolute Gasteiger partial charge is 0.462 e. The van der Waals surface area contributed by atoms with E-state index in [0.29, 0.717) is 24.6 Å². The molecule has 0 aliphatic carbocycles. The highest BCUT2D eigenvalue weighted by atomic mass is 32.1. The molecule has 0 radical (unpaired) electrons. The van der Waals surface area contributed by atoms with Crippen molar-refractivity contribution in [2.45, 2.75) is 32.4 Å². The highest BCUT2D eigenvalue weighted by Crippen LogP contribution is 2.35. The van der Waals surface area contributed by atoms with Gasteiger partial charge < -0.3 is 14.8 Å². The van der Waals surface area contributed by atoms with Gasteiger partial charge in [0.15, 0.2) is 0 Å². The van der Waals surface area contributed by atoms with Crippen molar-refractivity contribution in [2.75, 3.05) is 13.2 Å². The lowest BCUT2D eigenvalue weighted by atomic mass is 10.2. The Balaban J connectivity index is 1.78. The summed E-state index contributed by atoms with van der Waals surface area (Å²) < 4.78 is 12.6. The number of hydrogen-bond donors (Lipinski definition) is 1. The molecule has 0 saturated carbocycles. The zero-order chi connectivity index (χ0) is 15.5. The Morgan fingerprint density at radius 3 is 3.09 bits per heavy atom. The Morgan fingerprint density at radius 1 is 1.50 bits per heavy atom. The average molecular weight is 339 g/mol. The third-order valence-corrected chi connectivity index (χ3v) is 5.79. The van der Waals surface area contributed by atoms with E-state index in [9.17, 15) is 9.59 Å². The summed E-state index contributed by atoms with van der Waals surface area (Å²) in [6, 6.07) is 1.98. The molecule has 2 aromatic heterocycles. The molecule has 1 saturated heterocycles. The number of rotatable bonds is 5. The van der Waals surface area contributed by atoms with E-state index >= 15 is 0 Å². The minimum Gasteiger partial charge on any atom is -0.462 e. The van der Waals surface area contributed by atoms with Crippen LogP contribution in [0.2, 0.25) is 0 Å². The molecule has 5 nitrogen and oxygen atoms in total. The van der Waals surface area contributed by atoms with Crippen LogP contribution in [-0.4, -0.2) is 31.2 Å². The van der Waals surface area contributed by atoms with E-state index in [-0.39, 0.29) is 18.0 Å². The van der Waals surface area contributed by atoms with Gasteiger partial charge in [0.2, 0.25) is 5.91 Å². The van der Waals surface area contributed by atoms with E-state index in [0.717, 1.165) is 27.8 Å². The first-order chi connectivity index (χ1) is 10.7. The van der Waals surface area contributed by atoms with Gasteiger partial charge in [0.25, 0.3) is 0 Å². The lowest BCUT2D eigenvalue weighted by Crippen LogP contribution is -2.33. The molecule has 22 heavy (non-hydrogen) atoms. The number of carbonyl (C=O) groups excluding carboxylic acids is 2. The number of esters is 1. The maximum absolute atomic E-state index is 12.1. The van der Waals surface area contributed by atoms with Gasteiger partial charge in [-0.1, -0.05) is 0 Å². The van der Waals surface area contributed by atoms with Crippen molar-refractivity contribution in [3.8, 4) is 0 Å². The smallest absolute Gasteiger partial charge is 0.348 e. The average Bonchev–Trinajstić information content (AvgIpc) is 3.21. The molecule has 1 atom stereocenters. The lowest BCUT2D eigenvalue weighted by molar-refractivity contribution is -0.130. The Bertz CT molecular complexity index is 685. The first-order valence-electron chi connectivity index (χ1n) is 7.26. The van der Waals surface area contributed by atoms with Crippen LogP contribution in [0.25, 0.3) is 9.40 Å². The summed E-state index contributed by atoms with van der Waals surface area (Å²) in [6.07, 6.45) is 1.32. The second kappa shape index (κ2) is 6.76. The Morgan fingerprint density at radius 2 is 2.36 bits per heavy atom. The molecule has 3 rings (SSSR count). The van der Waals surface area contributed by atoms with Crippen molar-refractivity contribution in [3.05, 3.63) is 21.9 Å². The molecule has 0 bridgehead atoms.